The number of ether oxygens (including phenoxy) is 2. The average Bonchev–Trinajstić information content (AvgIpc) is 2.35. The number of carbonyl (C=O) groups excluding carboxylic acids is 1. The molecule has 0 aliphatic rings. The summed E-state index contributed by atoms with van der Waals surface area (Å²) in [6, 6.07) is 2.55. The second-order valence-electron chi connectivity index (χ2n) is 4.16. The van der Waals surface area contributed by atoms with Crippen molar-refractivity contribution in [3.05, 3.63) is 23.5 Å². The maximum atomic E-state index is 13.8. The van der Waals surface area contributed by atoms with Crippen molar-refractivity contribution in [1.29, 1.82) is 0 Å². The van der Waals surface area contributed by atoms with Crippen molar-refractivity contribution in [2.75, 3.05) is 34.9 Å². The van der Waals surface area contributed by atoms with E-state index >= 15 is 0 Å². The smallest absolute Gasteiger partial charge is 0.167 e. The van der Waals surface area contributed by atoms with E-state index in [1.165, 1.54) is 26.4 Å². The van der Waals surface area contributed by atoms with Crippen LogP contribution < -0.4 is 9.47 Å². The predicted octanol–water partition coefficient (Wildman–Crippen LogP) is 1.98. The highest BCUT2D eigenvalue weighted by Gasteiger charge is 2.16. The lowest BCUT2D eigenvalue weighted by atomic mass is 10.1. The summed E-state index contributed by atoms with van der Waals surface area (Å²) < 4.78 is 23.8. The summed E-state index contributed by atoms with van der Waals surface area (Å²) in [7, 11) is 6.59. The van der Waals surface area contributed by atoms with Crippen LogP contribution in [0, 0.1) is 5.82 Å². The molecule has 18 heavy (non-hydrogen) atoms. The fraction of sp³-hybridized carbons (Fsp3) is 0.462. The first-order chi connectivity index (χ1) is 8.49. The van der Waals surface area contributed by atoms with E-state index in [1.807, 2.05) is 19.0 Å². The predicted molar refractivity (Wildman–Crippen MR) is 67.0 cm³/mol. The lowest BCUT2D eigenvalue weighted by molar-refractivity contribution is 0.0968. The fourth-order valence-corrected chi connectivity index (χ4v) is 1.53. The summed E-state index contributed by atoms with van der Waals surface area (Å²) in [4.78, 5) is 13.7. The van der Waals surface area contributed by atoms with Crippen molar-refractivity contribution in [2.45, 2.75) is 6.42 Å². The summed E-state index contributed by atoms with van der Waals surface area (Å²) in [5.41, 5.74) is 0.0366. The van der Waals surface area contributed by atoms with Gasteiger partial charge in [0, 0.05) is 19.0 Å². The van der Waals surface area contributed by atoms with Gasteiger partial charge >= 0.3 is 0 Å². The van der Waals surface area contributed by atoms with Gasteiger partial charge in [-0.2, -0.15) is 0 Å². The number of nitrogens with zero attached hydrogens (tertiary/aromatic N) is 1. The molecule has 0 aliphatic heterocycles. The number of ketones is 1. The number of benzene rings is 1. The van der Waals surface area contributed by atoms with Crippen molar-refractivity contribution in [2.24, 2.45) is 0 Å². The van der Waals surface area contributed by atoms with E-state index < -0.39 is 5.82 Å². The van der Waals surface area contributed by atoms with E-state index in [0.29, 0.717) is 12.3 Å². The third kappa shape index (κ3) is 3.43. The standard InChI is InChI=1S/C13H18FNO3/c1-15(2)6-5-11(16)9-7-12(17-3)13(18-4)8-10(9)14/h7-8H,5-6H2,1-4H3. The number of hydrogen-bond donors (Lipinski definition) is 0. The molecule has 0 fully saturated rings. The number of rotatable bonds is 6. The van der Waals surface area contributed by atoms with E-state index in [1.54, 1.807) is 0 Å². The van der Waals surface area contributed by atoms with Gasteiger partial charge in [-0.15, -0.1) is 0 Å². The highest BCUT2D eigenvalue weighted by molar-refractivity contribution is 5.97. The highest BCUT2D eigenvalue weighted by Crippen LogP contribution is 2.30. The minimum Gasteiger partial charge on any atom is -0.493 e. The monoisotopic (exact) mass is 255 g/mol. The molecule has 0 N–H and O–H groups in total. The molecule has 0 bridgehead atoms. The quantitative estimate of drug-likeness (QED) is 0.729. The lowest BCUT2D eigenvalue weighted by Crippen LogP contribution is -2.17. The molecule has 0 heterocycles. The lowest BCUT2D eigenvalue weighted by Gasteiger charge is -2.12. The third-order valence-electron chi connectivity index (χ3n) is 2.56. The molecule has 1 rings (SSSR count). The Morgan fingerprint density at radius 3 is 2.28 bits per heavy atom. The summed E-state index contributed by atoms with van der Waals surface area (Å²) in [6.45, 7) is 0.576. The van der Waals surface area contributed by atoms with Gasteiger partial charge in [0.25, 0.3) is 0 Å². The number of carbonyl (C=O) groups is 1. The highest BCUT2D eigenvalue weighted by atomic mass is 19.1. The summed E-state index contributed by atoms with van der Waals surface area (Å²) in [5.74, 6) is -0.204. The number of Topliss-reactive ketones (excluding diaryl/α,β-unsaturated/α-hetero) is 1. The van der Waals surface area contributed by atoms with Crippen LogP contribution in [-0.2, 0) is 0 Å². The summed E-state index contributed by atoms with van der Waals surface area (Å²) >= 11 is 0. The van der Waals surface area contributed by atoms with Crippen LogP contribution in [0.3, 0.4) is 0 Å². The zero-order valence-corrected chi connectivity index (χ0v) is 11.1. The van der Waals surface area contributed by atoms with Crippen LogP contribution in [0.1, 0.15) is 16.8 Å². The van der Waals surface area contributed by atoms with Crippen molar-refractivity contribution < 1.29 is 18.7 Å². The van der Waals surface area contributed by atoms with E-state index in [9.17, 15) is 9.18 Å². The molecule has 0 atom stereocenters. The Bertz CT molecular complexity index is 432. The summed E-state index contributed by atoms with van der Waals surface area (Å²) in [6.07, 6.45) is 0.263. The average molecular weight is 255 g/mol. The van der Waals surface area contributed by atoms with Crippen LogP contribution in [0.4, 0.5) is 4.39 Å². The first-order valence-corrected chi connectivity index (χ1v) is 5.59. The molecule has 1 aromatic rings. The van der Waals surface area contributed by atoms with Gasteiger partial charge in [-0.1, -0.05) is 0 Å². The van der Waals surface area contributed by atoms with Gasteiger partial charge < -0.3 is 14.4 Å². The van der Waals surface area contributed by atoms with Gasteiger partial charge in [0.1, 0.15) is 5.82 Å². The van der Waals surface area contributed by atoms with Crippen LogP contribution in [0.5, 0.6) is 11.5 Å². The molecule has 0 amide bonds. The topological polar surface area (TPSA) is 38.8 Å². The van der Waals surface area contributed by atoms with Gasteiger partial charge in [0.15, 0.2) is 17.3 Å². The summed E-state index contributed by atoms with van der Waals surface area (Å²) in [5, 5.41) is 0. The Labute approximate surface area is 106 Å². The van der Waals surface area contributed by atoms with E-state index in [-0.39, 0.29) is 23.5 Å². The number of methoxy groups -OCH3 is 2. The second kappa shape index (κ2) is 6.35. The molecule has 0 unspecified atom stereocenters. The Kier molecular flexibility index (Phi) is 5.09. The molecule has 0 aromatic heterocycles. The van der Waals surface area contributed by atoms with Crippen molar-refractivity contribution in [3.63, 3.8) is 0 Å². The first-order valence-electron chi connectivity index (χ1n) is 5.59. The van der Waals surface area contributed by atoms with E-state index in [4.69, 9.17) is 9.47 Å². The van der Waals surface area contributed by atoms with Gasteiger partial charge in [-0.25, -0.2) is 4.39 Å². The minimum atomic E-state index is -0.587. The maximum absolute atomic E-state index is 13.8. The molecule has 0 saturated carbocycles. The molecule has 0 saturated heterocycles. The minimum absolute atomic E-state index is 0.0366. The van der Waals surface area contributed by atoms with Crippen molar-refractivity contribution >= 4 is 5.78 Å². The normalized spacial score (nSPS) is 10.6. The molecular weight excluding hydrogens is 237 g/mol. The van der Waals surface area contributed by atoms with Crippen LogP contribution in [0.25, 0.3) is 0 Å². The number of hydrogen-bond acceptors (Lipinski definition) is 4. The Morgan fingerprint density at radius 2 is 1.78 bits per heavy atom. The zero-order chi connectivity index (χ0) is 13.7. The maximum Gasteiger partial charge on any atom is 0.167 e. The Morgan fingerprint density at radius 1 is 1.22 bits per heavy atom. The van der Waals surface area contributed by atoms with Crippen molar-refractivity contribution in [3.8, 4) is 11.5 Å². The van der Waals surface area contributed by atoms with Crippen LogP contribution in [0.15, 0.2) is 12.1 Å². The van der Waals surface area contributed by atoms with E-state index in [0.717, 1.165) is 0 Å². The molecule has 4 nitrogen and oxygen atoms in total. The zero-order valence-electron chi connectivity index (χ0n) is 11.1. The molecular formula is C13H18FNO3. The van der Waals surface area contributed by atoms with Gasteiger partial charge in [-0.05, 0) is 20.2 Å². The molecule has 0 radical (unpaired) electrons. The SMILES string of the molecule is COc1cc(F)c(C(=O)CCN(C)C)cc1OC. The van der Waals surface area contributed by atoms with Crippen LogP contribution in [-0.4, -0.2) is 45.5 Å². The molecule has 5 heteroatoms. The second-order valence-corrected chi connectivity index (χ2v) is 4.16. The van der Waals surface area contributed by atoms with Gasteiger partial charge in [0.05, 0.1) is 19.8 Å². The van der Waals surface area contributed by atoms with Crippen LogP contribution >= 0.6 is 0 Å². The fourth-order valence-electron chi connectivity index (χ4n) is 1.53. The third-order valence-corrected chi connectivity index (χ3v) is 2.56. The molecule has 100 valence electrons. The van der Waals surface area contributed by atoms with E-state index in [2.05, 4.69) is 0 Å². The molecule has 1 aromatic carbocycles. The van der Waals surface area contributed by atoms with Gasteiger partial charge in [-0.3, -0.25) is 4.79 Å². The largest absolute Gasteiger partial charge is 0.493 e. The molecule has 0 spiro atoms. The first kappa shape index (κ1) is 14.4. The number of halogens is 1. The Balaban J connectivity index is 2.98. The van der Waals surface area contributed by atoms with Gasteiger partial charge in [0.2, 0.25) is 0 Å². The molecule has 0 aliphatic carbocycles. The Hall–Kier alpha value is -1.62. The van der Waals surface area contributed by atoms with Crippen LogP contribution in [0.2, 0.25) is 0 Å². The van der Waals surface area contributed by atoms with Crippen molar-refractivity contribution in [1.82, 2.24) is 4.90 Å².